The van der Waals surface area contributed by atoms with Crippen molar-refractivity contribution in [3.05, 3.63) is 118 Å². The Morgan fingerprint density at radius 1 is 0.857 bits per heavy atom. The third-order valence-electron chi connectivity index (χ3n) is 5.33. The highest BCUT2D eigenvalue weighted by atomic mass is 35.5. The van der Waals surface area contributed by atoms with Crippen LogP contribution in [0.2, 0.25) is 10.0 Å². The minimum Gasteiger partial charge on any atom is -0.394 e. The maximum absolute atomic E-state index is 12.9. The summed E-state index contributed by atoms with van der Waals surface area (Å²) in [6.07, 6.45) is 1.66. The monoisotopic (exact) mass is 505 g/mol. The zero-order chi connectivity index (χ0) is 24.8. The number of hydrogen-bond donors (Lipinski definition) is 3. The van der Waals surface area contributed by atoms with E-state index in [2.05, 4.69) is 15.6 Å². The number of hydrogen-bond acceptors (Lipinski definition) is 4. The van der Waals surface area contributed by atoms with E-state index in [4.69, 9.17) is 23.2 Å². The lowest BCUT2D eigenvalue weighted by Gasteiger charge is -2.17. The van der Waals surface area contributed by atoms with Gasteiger partial charge in [-0.05, 0) is 54.1 Å². The maximum atomic E-state index is 12.9. The molecular weight excluding hydrogens is 485 g/mol. The Morgan fingerprint density at radius 3 is 2.31 bits per heavy atom. The lowest BCUT2D eigenvalue weighted by atomic mass is 10.1. The molecule has 1 heterocycles. The molecule has 3 aromatic carbocycles. The number of nitrogens with one attached hydrogen (secondary N) is 2. The van der Waals surface area contributed by atoms with Gasteiger partial charge < -0.3 is 15.7 Å². The number of nitrogens with zero attached hydrogens (tertiary/aromatic N) is 1. The van der Waals surface area contributed by atoms with Crippen molar-refractivity contribution in [1.82, 2.24) is 10.3 Å². The van der Waals surface area contributed by atoms with Gasteiger partial charge in [-0.3, -0.25) is 14.6 Å². The molecule has 0 unspecified atom stereocenters. The number of anilines is 1. The summed E-state index contributed by atoms with van der Waals surface area (Å²) >= 11 is 12.7. The first-order valence-electron chi connectivity index (χ1n) is 10.7. The number of carbonyl (C=O) groups excluding carboxylic acids is 2. The highest BCUT2D eigenvalue weighted by molar-refractivity contribution is 6.35. The molecule has 8 heteroatoms. The molecule has 0 aliphatic rings. The van der Waals surface area contributed by atoms with Gasteiger partial charge in [0.15, 0.2) is 0 Å². The van der Waals surface area contributed by atoms with Crippen LogP contribution in [0.3, 0.4) is 0 Å². The van der Waals surface area contributed by atoms with Gasteiger partial charge in [0.05, 0.1) is 34.0 Å². The molecule has 0 fully saturated rings. The Balaban J connectivity index is 1.49. The number of aliphatic hydroxyl groups excluding tert-OH is 1. The fourth-order valence-electron chi connectivity index (χ4n) is 3.52. The first kappa shape index (κ1) is 24.4. The SMILES string of the molecule is O=C(N[C@@H](CO)c1ccccc1)c1ccc(C(=O)Nc2ccc(Cl)c(-c3ccccn3)c2)c(Cl)c1. The number of rotatable bonds is 7. The molecular formula is C27H21Cl2N3O3. The second kappa shape index (κ2) is 11.1. The molecule has 0 spiro atoms. The Morgan fingerprint density at radius 2 is 1.63 bits per heavy atom. The van der Waals surface area contributed by atoms with Gasteiger partial charge in [0.25, 0.3) is 11.8 Å². The van der Waals surface area contributed by atoms with Crippen molar-refractivity contribution in [3.63, 3.8) is 0 Å². The number of aliphatic hydroxyl groups is 1. The highest BCUT2D eigenvalue weighted by Gasteiger charge is 2.18. The van der Waals surface area contributed by atoms with E-state index in [9.17, 15) is 14.7 Å². The summed E-state index contributed by atoms with van der Waals surface area (Å²) in [6, 6.07) is 23.6. The van der Waals surface area contributed by atoms with Gasteiger partial charge in [0, 0.05) is 23.0 Å². The van der Waals surface area contributed by atoms with Gasteiger partial charge in [-0.2, -0.15) is 0 Å². The average molecular weight is 506 g/mol. The molecule has 0 aliphatic heterocycles. The number of amides is 2. The molecule has 4 rings (SSSR count). The molecule has 35 heavy (non-hydrogen) atoms. The molecule has 4 aromatic rings. The predicted molar refractivity (Wildman–Crippen MR) is 138 cm³/mol. The molecule has 1 atom stereocenters. The molecule has 0 saturated carbocycles. The predicted octanol–water partition coefficient (Wildman–Crippen LogP) is 5.77. The fraction of sp³-hybridized carbons (Fsp3) is 0.0741. The summed E-state index contributed by atoms with van der Waals surface area (Å²) < 4.78 is 0. The summed E-state index contributed by atoms with van der Waals surface area (Å²) in [4.78, 5) is 29.9. The van der Waals surface area contributed by atoms with E-state index < -0.39 is 17.9 Å². The molecule has 6 nitrogen and oxygen atoms in total. The summed E-state index contributed by atoms with van der Waals surface area (Å²) in [7, 11) is 0. The molecule has 3 N–H and O–H groups in total. The fourth-order valence-corrected chi connectivity index (χ4v) is 4.00. The molecule has 0 bridgehead atoms. The quantitative estimate of drug-likeness (QED) is 0.297. The van der Waals surface area contributed by atoms with Crippen molar-refractivity contribution in [2.75, 3.05) is 11.9 Å². The van der Waals surface area contributed by atoms with Gasteiger partial charge in [-0.15, -0.1) is 0 Å². The molecule has 176 valence electrons. The number of benzene rings is 3. The van der Waals surface area contributed by atoms with Crippen LogP contribution in [0.1, 0.15) is 32.3 Å². The van der Waals surface area contributed by atoms with Crippen LogP contribution < -0.4 is 10.6 Å². The maximum Gasteiger partial charge on any atom is 0.257 e. The molecule has 0 aliphatic carbocycles. The minimum absolute atomic E-state index is 0.120. The van der Waals surface area contributed by atoms with E-state index in [1.165, 1.54) is 18.2 Å². The third-order valence-corrected chi connectivity index (χ3v) is 5.97. The standard InChI is InChI=1S/C27H21Cl2N3O3/c28-22-12-10-19(15-21(22)24-8-4-5-13-30-24)31-27(35)20-11-9-18(14-23(20)29)26(34)32-25(16-33)17-6-2-1-3-7-17/h1-15,25,33H,16H2,(H,31,35)(H,32,34)/t25-/m0/s1. The summed E-state index contributed by atoms with van der Waals surface area (Å²) in [5, 5.41) is 15.9. The third kappa shape index (κ3) is 5.87. The van der Waals surface area contributed by atoms with E-state index in [0.717, 1.165) is 5.56 Å². The lowest BCUT2D eigenvalue weighted by Crippen LogP contribution is -2.30. The normalized spacial score (nSPS) is 11.5. The van der Waals surface area contributed by atoms with Crippen LogP contribution in [-0.4, -0.2) is 28.5 Å². The number of halogens is 2. The molecule has 2 amide bonds. The Hall–Kier alpha value is -3.71. The largest absolute Gasteiger partial charge is 0.394 e. The zero-order valence-corrected chi connectivity index (χ0v) is 19.9. The Kier molecular flexibility index (Phi) is 7.77. The van der Waals surface area contributed by atoms with E-state index in [-0.39, 0.29) is 22.8 Å². The Bertz CT molecular complexity index is 1350. The highest BCUT2D eigenvalue weighted by Crippen LogP contribution is 2.30. The van der Waals surface area contributed by atoms with E-state index in [1.54, 1.807) is 30.5 Å². The van der Waals surface area contributed by atoms with Gasteiger partial charge in [0.2, 0.25) is 0 Å². The molecule has 0 saturated heterocycles. The number of carbonyl (C=O) groups is 2. The minimum atomic E-state index is -0.566. The van der Waals surface area contributed by atoms with Crippen LogP contribution >= 0.6 is 23.2 Å². The van der Waals surface area contributed by atoms with Crippen molar-refractivity contribution < 1.29 is 14.7 Å². The number of pyridine rings is 1. The van der Waals surface area contributed by atoms with Gasteiger partial charge in [-0.1, -0.05) is 59.6 Å². The van der Waals surface area contributed by atoms with Crippen molar-refractivity contribution in [2.45, 2.75) is 6.04 Å². The first-order chi connectivity index (χ1) is 17.0. The summed E-state index contributed by atoms with van der Waals surface area (Å²) in [6.45, 7) is -0.258. The average Bonchev–Trinajstić information content (AvgIpc) is 2.89. The van der Waals surface area contributed by atoms with Crippen LogP contribution in [0.5, 0.6) is 0 Å². The van der Waals surface area contributed by atoms with Gasteiger partial charge in [-0.25, -0.2) is 0 Å². The molecule has 1 aromatic heterocycles. The first-order valence-corrected chi connectivity index (χ1v) is 11.5. The van der Waals surface area contributed by atoms with E-state index in [0.29, 0.717) is 22.0 Å². The summed E-state index contributed by atoms with van der Waals surface area (Å²) in [5.74, 6) is -0.853. The van der Waals surface area contributed by atoms with Gasteiger partial charge >= 0.3 is 0 Å². The molecule has 0 radical (unpaired) electrons. The lowest BCUT2D eigenvalue weighted by molar-refractivity contribution is 0.0915. The second-order valence-electron chi connectivity index (χ2n) is 7.68. The second-order valence-corrected chi connectivity index (χ2v) is 8.49. The van der Waals surface area contributed by atoms with Crippen LogP contribution in [0, 0.1) is 0 Å². The van der Waals surface area contributed by atoms with Crippen molar-refractivity contribution in [2.24, 2.45) is 0 Å². The number of aromatic nitrogens is 1. The van der Waals surface area contributed by atoms with Crippen molar-refractivity contribution >= 4 is 40.7 Å². The van der Waals surface area contributed by atoms with Crippen molar-refractivity contribution in [3.8, 4) is 11.3 Å². The van der Waals surface area contributed by atoms with Crippen molar-refractivity contribution in [1.29, 1.82) is 0 Å². The Labute approximate surface area is 212 Å². The van der Waals surface area contributed by atoms with Crippen LogP contribution in [0.25, 0.3) is 11.3 Å². The van der Waals surface area contributed by atoms with Gasteiger partial charge in [0.1, 0.15) is 0 Å². The van der Waals surface area contributed by atoms with E-state index in [1.807, 2.05) is 42.5 Å². The summed E-state index contributed by atoms with van der Waals surface area (Å²) in [5.41, 5.74) is 3.13. The topological polar surface area (TPSA) is 91.3 Å². The van der Waals surface area contributed by atoms with Crippen LogP contribution in [0.4, 0.5) is 5.69 Å². The van der Waals surface area contributed by atoms with Crippen LogP contribution in [-0.2, 0) is 0 Å². The van der Waals surface area contributed by atoms with E-state index >= 15 is 0 Å². The smallest absolute Gasteiger partial charge is 0.257 e. The van der Waals surface area contributed by atoms with Crippen LogP contribution in [0.15, 0.2) is 91.1 Å². The zero-order valence-electron chi connectivity index (χ0n) is 18.4.